The largest absolute Gasteiger partial charge is 0.480 e. The quantitative estimate of drug-likeness (QED) is 0.614. The van der Waals surface area contributed by atoms with Gasteiger partial charge in [0.25, 0.3) is 0 Å². The van der Waals surface area contributed by atoms with Crippen LogP contribution in [-0.4, -0.2) is 54.6 Å². The van der Waals surface area contributed by atoms with Gasteiger partial charge < -0.3 is 14.6 Å². The summed E-state index contributed by atoms with van der Waals surface area (Å²) in [5.74, 6) is 0.966. The Morgan fingerprint density at radius 1 is 1.16 bits per heavy atom. The molecule has 1 N–H and O–H groups in total. The molecule has 5 fully saturated rings. The molecule has 0 radical (unpaired) electrons. The van der Waals surface area contributed by atoms with E-state index < -0.39 is 5.97 Å². The van der Waals surface area contributed by atoms with Gasteiger partial charge in [-0.2, -0.15) is 0 Å². The molecule has 0 bridgehead atoms. The molecular formula is C26H43NO4. The van der Waals surface area contributed by atoms with E-state index in [1.807, 2.05) is 0 Å². The zero-order valence-electron chi connectivity index (χ0n) is 19.5. The van der Waals surface area contributed by atoms with Crippen LogP contribution in [0.25, 0.3) is 0 Å². The number of rotatable bonds is 4. The molecule has 3 aliphatic carbocycles. The van der Waals surface area contributed by atoms with Crippen molar-refractivity contribution < 1.29 is 19.4 Å². The topological polar surface area (TPSA) is 59.0 Å². The number of likely N-dealkylation sites (tertiary alicyclic amines) is 1. The first-order valence-corrected chi connectivity index (χ1v) is 12.8. The molecule has 0 aromatic heterocycles. The number of carboxylic acids is 1. The molecule has 2 saturated heterocycles. The third-order valence-corrected chi connectivity index (χ3v) is 9.15. The van der Waals surface area contributed by atoms with Crippen molar-refractivity contribution in [2.45, 2.75) is 96.1 Å². The van der Waals surface area contributed by atoms with Crippen molar-refractivity contribution in [1.82, 2.24) is 4.90 Å². The lowest BCUT2D eigenvalue weighted by Crippen LogP contribution is -2.54. The number of aliphatic carboxylic acids is 1. The zero-order valence-corrected chi connectivity index (χ0v) is 19.5. The van der Waals surface area contributed by atoms with Crippen LogP contribution in [-0.2, 0) is 14.3 Å². The fraction of sp³-hybridized carbons (Fsp3) is 0.885. The number of hydrogen-bond acceptors (Lipinski definition) is 4. The molecule has 5 rings (SSSR count). The van der Waals surface area contributed by atoms with Crippen molar-refractivity contribution in [2.75, 3.05) is 26.5 Å². The molecule has 2 heterocycles. The summed E-state index contributed by atoms with van der Waals surface area (Å²) in [6.45, 7) is 9.97. The normalized spacial score (nSPS) is 40.5. The maximum absolute atomic E-state index is 11.5. The molecule has 5 heteroatoms. The lowest BCUT2D eigenvalue weighted by molar-refractivity contribution is -0.218. The number of allylic oxidation sites excluding steroid dienone is 1. The standard InChI is InChI=1S/C21H33NO4.C5H10/c1-14-5-6-17-15-12-25-13-26-19(15)7-9-21(17,2)16(14)8-11-22-10-3-4-18(22)20(23)24;1-2-4-5-3-1/h15-19H,1,3-13H2,2H3,(H,23,24);1-5H2. The molecule has 0 amide bonds. The molecule has 2 aliphatic heterocycles. The second-order valence-electron chi connectivity index (χ2n) is 10.8. The van der Waals surface area contributed by atoms with Gasteiger partial charge in [0, 0.05) is 5.92 Å². The zero-order chi connectivity index (χ0) is 21.8. The van der Waals surface area contributed by atoms with Crippen LogP contribution in [0.3, 0.4) is 0 Å². The Bertz CT molecular complexity index is 625. The lowest BCUT2D eigenvalue weighted by Gasteiger charge is -2.57. The van der Waals surface area contributed by atoms with E-state index in [2.05, 4.69) is 18.4 Å². The van der Waals surface area contributed by atoms with Crippen molar-refractivity contribution in [3.8, 4) is 0 Å². The molecular weight excluding hydrogens is 390 g/mol. The summed E-state index contributed by atoms with van der Waals surface area (Å²) in [5.41, 5.74) is 1.63. The summed E-state index contributed by atoms with van der Waals surface area (Å²) in [4.78, 5) is 13.7. The number of nitrogens with zero attached hydrogens (tertiary/aromatic N) is 1. The Morgan fingerprint density at radius 2 is 1.90 bits per heavy atom. The fourth-order valence-corrected chi connectivity index (χ4v) is 7.39. The van der Waals surface area contributed by atoms with Gasteiger partial charge in [0.2, 0.25) is 0 Å². The maximum atomic E-state index is 11.5. The van der Waals surface area contributed by atoms with Crippen LogP contribution in [0.5, 0.6) is 0 Å². The number of carbonyl (C=O) groups is 1. The van der Waals surface area contributed by atoms with Crippen molar-refractivity contribution >= 4 is 5.97 Å². The van der Waals surface area contributed by atoms with Crippen LogP contribution in [0.1, 0.15) is 84.0 Å². The van der Waals surface area contributed by atoms with Crippen molar-refractivity contribution in [3.05, 3.63) is 12.2 Å². The number of carboxylic acid groups (broad SMARTS) is 1. The van der Waals surface area contributed by atoms with Gasteiger partial charge in [0.1, 0.15) is 12.8 Å². The van der Waals surface area contributed by atoms with E-state index in [1.54, 1.807) is 0 Å². The third-order valence-electron chi connectivity index (χ3n) is 9.15. The molecule has 0 aromatic carbocycles. The first-order chi connectivity index (χ1) is 15.0. The Morgan fingerprint density at radius 3 is 2.61 bits per heavy atom. The summed E-state index contributed by atoms with van der Waals surface area (Å²) < 4.78 is 11.6. The van der Waals surface area contributed by atoms with E-state index in [1.165, 1.54) is 50.5 Å². The third kappa shape index (κ3) is 5.04. The van der Waals surface area contributed by atoms with Gasteiger partial charge in [0.15, 0.2) is 0 Å². The van der Waals surface area contributed by atoms with Crippen LogP contribution in [0, 0.1) is 23.2 Å². The maximum Gasteiger partial charge on any atom is 0.320 e. The SMILES string of the molecule is C1CCCC1.C=C1CCC2C3COCOC3CCC2(C)C1CCN1CCCC1C(=O)O. The predicted molar refractivity (Wildman–Crippen MR) is 122 cm³/mol. The first kappa shape index (κ1) is 23.3. The van der Waals surface area contributed by atoms with Gasteiger partial charge in [0.05, 0.1) is 12.7 Å². The van der Waals surface area contributed by atoms with Gasteiger partial charge in [-0.1, -0.05) is 51.2 Å². The van der Waals surface area contributed by atoms with Crippen molar-refractivity contribution in [2.24, 2.45) is 23.2 Å². The second-order valence-corrected chi connectivity index (χ2v) is 10.8. The average molecular weight is 434 g/mol. The molecule has 0 aromatic rings. The Labute approximate surface area is 188 Å². The molecule has 5 nitrogen and oxygen atoms in total. The van der Waals surface area contributed by atoms with E-state index in [9.17, 15) is 9.90 Å². The minimum Gasteiger partial charge on any atom is -0.480 e. The van der Waals surface area contributed by atoms with Crippen molar-refractivity contribution in [3.63, 3.8) is 0 Å². The van der Waals surface area contributed by atoms with Crippen LogP contribution < -0.4 is 0 Å². The first-order valence-electron chi connectivity index (χ1n) is 12.8. The van der Waals surface area contributed by atoms with Crippen molar-refractivity contribution in [1.29, 1.82) is 0 Å². The monoisotopic (exact) mass is 433 g/mol. The molecule has 31 heavy (non-hydrogen) atoms. The summed E-state index contributed by atoms with van der Waals surface area (Å²) >= 11 is 0. The summed E-state index contributed by atoms with van der Waals surface area (Å²) in [5, 5.41) is 9.45. The number of ether oxygens (including phenoxy) is 2. The van der Waals surface area contributed by atoms with E-state index in [0.29, 0.717) is 30.7 Å². The summed E-state index contributed by atoms with van der Waals surface area (Å²) in [6, 6.07) is -0.286. The molecule has 176 valence electrons. The highest BCUT2D eigenvalue weighted by Gasteiger charge is 2.53. The fourth-order valence-electron chi connectivity index (χ4n) is 7.39. The smallest absolute Gasteiger partial charge is 0.320 e. The molecule has 0 spiro atoms. The van der Waals surface area contributed by atoms with E-state index in [4.69, 9.17) is 9.47 Å². The van der Waals surface area contributed by atoms with Crippen LogP contribution in [0.15, 0.2) is 12.2 Å². The van der Waals surface area contributed by atoms with Crippen LogP contribution >= 0.6 is 0 Å². The molecule has 6 unspecified atom stereocenters. The average Bonchev–Trinajstić information content (AvgIpc) is 3.48. The Balaban J connectivity index is 0.000000407. The number of fused-ring (bicyclic) bond motifs is 3. The van der Waals surface area contributed by atoms with Gasteiger partial charge in [-0.25, -0.2) is 0 Å². The van der Waals surface area contributed by atoms with Gasteiger partial charge in [-0.3, -0.25) is 9.69 Å². The lowest BCUT2D eigenvalue weighted by atomic mass is 9.50. The van der Waals surface area contributed by atoms with Gasteiger partial charge in [-0.15, -0.1) is 0 Å². The van der Waals surface area contributed by atoms with Gasteiger partial charge >= 0.3 is 5.97 Å². The molecule has 5 aliphatic rings. The van der Waals surface area contributed by atoms with Gasteiger partial charge in [-0.05, 0) is 75.3 Å². The molecule has 6 atom stereocenters. The summed E-state index contributed by atoms with van der Waals surface area (Å²) in [7, 11) is 0. The summed E-state index contributed by atoms with van der Waals surface area (Å²) in [6.07, 6.45) is 15.3. The van der Waals surface area contributed by atoms with Crippen LogP contribution in [0.2, 0.25) is 0 Å². The highest BCUT2D eigenvalue weighted by Crippen LogP contribution is 2.58. The van der Waals surface area contributed by atoms with E-state index in [-0.39, 0.29) is 11.5 Å². The number of hydrogen-bond donors (Lipinski definition) is 1. The minimum atomic E-state index is -0.661. The van der Waals surface area contributed by atoms with E-state index >= 15 is 0 Å². The predicted octanol–water partition coefficient (Wildman–Crippen LogP) is 5.25. The second kappa shape index (κ2) is 10.4. The Hall–Kier alpha value is -0.910. The highest BCUT2D eigenvalue weighted by molar-refractivity contribution is 5.73. The minimum absolute atomic E-state index is 0.249. The van der Waals surface area contributed by atoms with Crippen LogP contribution in [0.4, 0.5) is 0 Å². The Kier molecular flexibility index (Phi) is 7.77. The van der Waals surface area contributed by atoms with E-state index in [0.717, 1.165) is 51.8 Å². The molecule has 3 saturated carbocycles. The highest BCUT2D eigenvalue weighted by atomic mass is 16.7.